The Kier molecular flexibility index (Phi) is 5.75. The molecule has 22 heavy (non-hydrogen) atoms. The molecule has 1 aliphatic heterocycles. The maximum absolute atomic E-state index is 13.3. The van der Waals surface area contributed by atoms with Gasteiger partial charge in [0, 0.05) is 24.7 Å². The van der Waals surface area contributed by atoms with Gasteiger partial charge >= 0.3 is 6.18 Å². The van der Waals surface area contributed by atoms with Crippen LogP contribution in [0.15, 0.2) is 12.1 Å². The molecule has 124 valence electrons. The first kappa shape index (κ1) is 17.6. The SMILES string of the molecule is CC(C)c1cc(C(F)(F)F)c(CCN2CCOCC2)cc1Cl. The predicted molar refractivity (Wildman–Crippen MR) is 81.5 cm³/mol. The molecule has 0 saturated carbocycles. The van der Waals surface area contributed by atoms with Crippen molar-refractivity contribution < 1.29 is 17.9 Å². The fourth-order valence-corrected chi connectivity index (χ4v) is 3.05. The third-order valence-electron chi connectivity index (χ3n) is 3.95. The van der Waals surface area contributed by atoms with Crippen molar-refractivity contribution in [2.24, 2.45) is 0 Å². The molecule has 0 spiro atoms. The van der Waals surface area contributed by atoms with Gasteiger partial charge in [-0.3, -0.25) is 4.90 Å². The lowest BCUT2D eigenvalue weighted by Crippen LogP contribution is -2.37. The van der Waals surface area contributed by atoms with Gasteiger partial charge in [0.1, 0.15) is 0 Å². The van der Waals surface area contributed by atoms with Crippen LogP contribution < -0.4 is 0 Å². The first-order valence-corrected chi connectivity index (χ1v) is 7.86. The van der Waals surface area contributed by atoms with Crippen molar-refractivity contribution in [2.75, 3.05) is 32.8 Å². The topological polar surface area (TPSA) is 12.5 Å². The molecule has 0 bridgehead atoms. The number of nitrogens with zero attached hydrogens (tertiary/aromatic N) is 1. The van der Waals surface area contributed by atoms with E-state index in [-0.39, 0.29) is 11.5 Å². The summed E-state index contributed by atoms with van der Waals surface area (Å²) in [7, 11) is 0. The van der Waals surface area contributed by atoms with Crippen molar-refractivity contribution in [3.8, 4) is 0 Å². The van der Waals surface area contributed by atoms with Crippen molar-refractivity contribution in [1.82, 2.24) is 4.90 Å². The van der Waals surface area contributed by atoms with Gasteiger partial charge in [-0.25, -0.2) is 0 Å². The fraction of sp³-hybridized carbons (Fsp3) is 0.625. The van der Waals surface area contributed by atoms with E-state index in [2.05, 4.69) is 4.90 Å². The van der Waals surface area contributed by atoms with Crippen molar-refractivity contribution in [1.29, 1.82) is 0 Å². The Bertz CT molecular complexity index is 511. The van der Waals surface area contributed by atoms with Crippen LogP contribution in [0, 0.1) is 0 Å². The number of rotatable bonds is 4. The second-order valence-corrected chi connectivity index (χ2v) is 6.29. The van der Waals surface area contributed by atoms with E-state index >= 15 is 0 Å². The lowest BCUT2D eigenvalue weighted by atomic mass is 9.95. The molecule has 1 heterocycles. The van der Waals surface area contributed by atoms with Crippen LogP contribution in [0.1, 0.15) is 36.5 Å². The molecule has 0 N–H and O–H groups in total. The van der Waals surface area contributed by atoms with Crippen LogP contribution >= 0.6 is 11.6 Å². The van der Waals surface area contributed by atoms with Crippen LogP contribution in [-0.2, 0) is 17.3 Å². The van der Waals surface area contributed by atoms with E-state index in [1.165, 1.54) is 12.1 Å². The van der Waals surface area contributed by atoms with Gasteiger partial charge in [0.15, 0.2) is 0 Å². The Morgan fingerprint density at radius 3 is 2.41 bits per heavy atom. The molecular weight excluding hydrogens is 315 g/mol. The van der Waals surface area contributed by atoms with Gasteiger partial charge in [0.05, 0.1) is 18.8 Å². The molecular formula is C16H21ClF3NO. The minimum atomic E-state index is -4.35. The second kappa shape index (κ2) is 7.20. The number of hydrogen-bond donors (Lipinski definition) is 0. The molecule has 1 saturated heterocycles. The van der Waals surface area contributed by atoms with E-state index in [0.717, 1.165) is 13.1 Å². The highest BCUT2D eigenvalue weighted by atomic mass is 35.5. The summed E-state index contributed by atoms with van der Waals surface area (Å²) in [6.45, 7) is 7.07. The molecule has 1 aliphatic rings. The summed E-state index contributed by atoms with van der Waals surface area (Å²) in [6, 6.07) is 2.70. The van der Waals surface area contributed by atoms with Crippen molar-refractivity contribution in [2.45, 2.75) is 32.4 Å². The van der Waals surface area contributed by atoms with Gasteiger partial charge in [0.25, 0.3) is 0 Å². The molecule has 6 heteroatoms. The van der Waals surface area contributed by atoms with E-state index in [1.807, 2.05) is 13.8 Å². The summed E-state index contributed by atoms with van der Waals surface area (Å²) in [4.78, 5) is 2.12. The number of alkyl halides is 3. The number of morpholine rings is 1. The number of benzene rings is 1. The molecule has 0 atom stereocenters. The zero-order chi connectivity index (χ0) is 16.3. The van der Waals surface area contributed by atoms with E-state index in [9.17, 15) is 13.2 Å². The molecule has 1 aromatic rings. The lowest BCUT2D eigenvalue weighted by Gasteiger charge is -2.27. The van der Waals surface area contributed by atoms with Gasteiger partial charge in [-0.15, -0.1) is 0 Å². The maximum Gasteiger partial charge on any atom is 0.416 e. The van der Waals surface area contributed by atoms with Crippen LogP contribution in [-0.4, -0.2) is 37.7 Å². The lowest BCUT2D eigenvalue weighted by molar-refractivity contribution is -0.138. The van der Waals surface area contributed by atoms with Crippen LogP contribution in [0.4, 0.5) is 13.2 Å². The van der Waals surface area contributed by atoms with Gasteiger partial charge < -0.3 is 4.74 Å². The highest BCUT2D eigenvalue weighted by Gasteiger charge is 2.34. The van der Waals surface area contributed by atoms with Crippen molar-refractivity contribution in [3.05, 3.63) is 33.8 Å². The summed E-state index contributed by atoms with van der Waals surface area (Å²) >= 11 is 6.17. The fourth-order valence-electron chi connectivity index (χ4n) is 2.65. The molecule has 0 aliphatic carbocycles. The highest BCUT2D eigenvalue weighted by Crippen LogP contribution is 2.37. The summed E-state index contributed by atoms with van der Waals surface area (Å²) in [5, 5.41) is 0.417. The average Bonchev–Trinajstić information content (AvgIpc) is 2.44. The van der Waals surface area contributed by atoms with Crippen molar-refractivity contribution in [3.63, 3.8) is 0 Å². The second-order valence-electron chi connectivity index (χ2n) is 5.89. The van der Waals surface area contributed by atoms with E-state index in [4.69, 9.17) is 16.3 Å². The van der Waals surface area contributed by atoms with Gasteiger partial charge in [-0.05, 0) is 35.6 Å². The van der Waals surface area contributed by atoms with E-state index in [1.54, 1.807) is 0 Å². The first-order valence-electron chi connectivity index (χ1n) is 7.48. The smallest absolute Gasteiger partial charge is 0.379 e. The Balaban J connectivity index is 2.22. The molecule has 1 aromatic carbocycles. The minimum absolute atomic E-state index is 0.0399. The first-order chi connectivity index (χ1) is 10.3. The minimum Gasteiger partial charge on any atom is -0.379 e. The zero-order valence-corrected chi connectivity index (χ0v) is 13.6. The monoisotopic (exact) mass is 335 g/mol. The standard InChI is InChI=1S/C16H21ClF3NO/c1-11(2)13-10-14(16(18,19)20)12(9-15(13)17)3-4-21-5-7-22-8-6-21/h9-11H,3-8H2,1-2H3. The summed E-state index contributed by atoms with van der Waals surface area (Å²) in [5.74, 6) is -0.0399. The average molecular weight is 336 g/mol. The molecule has 0 radical (unpaired) electrons. The largest absolute Gasteiger partial charge is 0.416 e. The normalized spacial score (nSPS) is 17.2. The van der Waals surface area contributed by atoms with Gasteiger partial charge in [0.2, 0.25) is 0 Å². The van der Waals surface area contributed by atoms with E-state index in [0.29, 0.717) is 36.8 Å². The summed E-state index contributed by atoms with van der Waals surface area (Å²) in [5.41, 5.74) is 0.256. The van der Waals surface area contributed by atoms with Crippen LogP contribution in [0.3, 0.4) is 0 Å². The predicted octanol–water partition coefficient (Wildman–Crippen LogP) is 4.36. The van der Waals surface area contributed by atoms with Crippen molar-refractivity contribution >= 4 is 11.6 Å². The molecule has 2 nitrogen and oxygen atoms in total. The summed E-state index contributed by atoms with van der Waals surface area (Å²) in [6.07, 6.45) is -4.01. The molecule has 2 rings (SSSR count). The molecule has 0 aromatic heterocycles. The Morgan fingerprint density at radius 1 is 1.23 bits per heavy atom. The van der Waals surface area contributed by atoms with Gasteiger partial charge in [-0.2, -0.15) is 13.2 Å². The summed E-state index contributed by atoms with van der Waals surface area (Å²) < 4.78 is 45.2. The third kappa shape index (κ3) is 4.37. The molecule has 0 amide bonds. The zero-order valence-electron chi connectivity index (χ0n) is 12.8. The maximum atomic E-state index is 13.3. The number of hydrogen-bond acceptors (Lipinski definition) is 2. The Hall–Kier alpha value is -0.780. The Morgan fingerprint density at radius 2 is 1.86 bits per heavy atom. The van der Waals surface area contributed by atoms with Crippen LogP contribution in [0.5, 0.6) is 0 Å². The molecule has 0 unspecified atom stereocenters. The third-order valence-corrected chi connectivity index (χ3v) is 4.28. The highest BCUT2D eigenvalue weighted by molar-refractivity contribution is 6.31. The Labute approximate surface area is 134 Å². The van der Waals surface area contributed by atoms with Crippen LogP contribution in [0.25, 0.3) is 0 Å². The van der Waals surface area contributed by atoms with E-state index < -0.39 is 11.7 Å². The van der Waals surface area contributed by atoms with Crippen LogP contribution in [0.2, 0.25) is 5.02 Å². The molecule has 1 fully saturated rings. The number of halogens is 4. The van der Waals surface area contributed by atoms with Gasteiger partial charge in [-0.1, -0.05) is 25.4 Å². The quantitative estimate of drug-likeness (QED) is 0.810. The number of ether oxygens (including phenoxy) is 1.